The third-order valence-corrected chi connectivity index (χ3v) is 3.55. The zero-order valence-electron chi connectivity index (χ0n) is 11.8. The van der Waals surface area contributed by atoms with Gasteiger partial charge in [-0.25, -0.2) is 9.67 Å². The highest BCUT2D eigenvalue weighted by atomic mass is 79.9. The summed E-state index contributed by atoms with van der Waals surface area (Å²) in [5, 5.41) is 9.06. The molecule has 2 rings (SSSR count). The van der Waals surface area contributed by atoms with Gasteiger partial charge in [0.1, 0.15) is 0 Å². The number of halogens is 1. The third kappa shape index (κ3) is 3.56. The lowest BCUT2D eigenvalue weighted by molar-refractivity contribution is -0.116. The first kappa shape index (κ1) is 15.0. The molecule has 0 aliphatic rings. The van der Waals surface area contributed by atoms with Crippen LogP contribution < -0.4 is 5.32 Å². The van der Waals surface area contributed by atoms with E-state index in [9.17, 15) is 4.79 Å². The highest BCUT2D eigenvalue weighted by Gasteiger charge is 2.09. The molecule has 0 saturated heterocycles. The van der Waals surface area contributed by atoms with Crippen LogP contribution in [0.15, 0.2) is 18.5 Å². The number of unbranched alkanes of at least 4 members (excludes halogenated alkanes) is 1. The van der Waals surface area contributed by atoms with E-state index in [4.69, 9.17) is 0 Å². The van der Waals surface area contributed by atoms with Crippen molar-refractivity contribution in [2.24, 2.45) is 0 Å². The van der Waals surface area contributed by atoms with Crippen molar-refractivity contribution in [2.45, 2.75) is 39.2 Å². The normalized spacial score (nSPS) is 11.2. The highest BCUT2D eigenvalue weighted by molar-refractivity contribution is 9.09. The Kier molecular flexibility index (Phi) is 5.11. The lowest BCUT2D eigenvalue weighted by atomic mass is 10.2. The van der Waals surface area contributed by atoms with Crippen LogP contribution in [0.25, 0.3) is 11.0 Å². The molecule has 0 aliphatic carbocycles. The zero-order valence-corrected chi connectivity index (χ0v) is 13.4. The smallest absolute Gasteiger partial charge is 0.224 e. The van der Waals surface area contributed by atoms with Gasteiger partial charge in [0.15, 0.2) is 5.65 Å². The molecule has 6 heteroatoms. The molecule has 0 spiro atoms. The first-order valence-electron chi connectivity index (χ1n) is 6.81. The molecule has 0 saturated carbocycles. The summed E-state index contributed by atoms with van der Waals surface area (Å²) >= 11 is 3.36. The summed E-state index contributed by atoms with van der Waals surface area (Å²) in [5.41, 5.74) is 1.57. The van der Waals surface area contributed by atoms with Crippen molar-refractivity contribution in [3.63, 3.8) is 0 Å². The lowest BCUT2D eigenvalue weighted by Crippen LogP contribution is -2.11. The third-order valence-electron chi connectivity index (χ3n) is 2.99. The van der Waals surface area contributed by atoms with Crippen molar-refractivity contribution < 1.29 is 4.79 Å². The number of alkyl halides is 1. The van der Waals surface area contributed by atoms with Gasteiger partial charge in [-0.15, -0.1) is 0 Å². The summed E-state index contributed by atoms with van der Waals surface area (Å²) in [6, 6.07) is 2.18. The molecule has 1 N–H and O–H groups in total. The minimum absolute atomic E-state index is 0.0309. The number of carbonyl (C=O) groups excluding carboxylic acids is 1. The Labute approximate surface area is 126 Å². The first-order valence-corrected chi connectivity index (χ1v) is 7.93. The molecule has 0 unspecified atom stereocenters. The molecule has 0 atom stereocenters. The second-order valence-electron chi connectivity index (χ2n) is 5.01. The van der Waals surface area contributed by atoms with E-state index in [1.54, 1.807) is 12.4 Å². The predicted octanol–water partition coefficient (Wildman–Crippen LogP) is 3.52. The highest BCUT2D eigenvalue weighted by Crippen LogP contribution is 2.19. The van der Waals surface area contributed by atoms with Crippen molar-refractivity contribution in [3.8, 4) is 0 Å². The van der Waals surface area contributed by atoms with Gasteiger partial charge in [-0.2, -0.15) is 5.10 Å². The van der Waals surface area contributed by atoms with Gasteiger partial charge in [-0.3, -0.25) is 4.79 Å². The van der Waals surface area contributed by atoms with Crippen LogP contribution in [0, 0.1) is 0 Å². The quantitative estimate of drug-likeness (QED) is 0.647. The van der Waals surface area contributed by atoms with E-state index < -0.39 is 0 Å². The standard InChI is InChI=1S/C14H19BrN4O/c1-10(2)19-14-11(8-17-19)7-12(9-16-14)18-13(20)5-3-4-6-15/h7-10H,3-6H2,1-2H3,(H,18,20). The first-order chi connectivity index (χ1) is 9.61. The number of amides is 1. The number of hydrogen-bond donors (Lipinski definition) is 1. The molecule has 0 bridgehead atoms. The van der Waals surface area contributed by atoms with Crippen LogP contribution in [0.3, 0.4) is 0 Å². The number of hydrogen-bond acceptors (Lipinski definition) is 3. The summed E-state index contributed by atoms with van der Waals surface area (Å²) in [4.78, 5) is 16.2. The van der Waals surface area contributed by atoms with Gasteiger partial charge >= 0.3 is 0 Å². The van der Waals surface area contributed by atoms with Gasteiger partial charge in [0.2, 0.25) is 5.91 Å². The summed E-state index contributed by atoms with van der Waals surface area (Å²) in [6.45, 7) is 4.13. The van der Waals surface area contributed by atoms with Crippen LogP contribution in [-0.4, -0.2) is 26.0 Å². The number of anilines is 1. The van der Waals surface area contributed by atoms with Crippen LogP contribution in [0.4, 0.5) is 5.69 Å². The molecule has 0 aromatic carbocycles. The Morgan fingerprint density at radius 1 is 1.40 bits per heavy atom. The number of aromatic nitrogens is 3. The minimum atomic E-state index is 0.0309. The van der Waals surface area contributed by atoms with E-state index in [2.05, 4.69) is 45.2 Å². The second kappa shape index (κ2) is 6.83. The van der Waals surface area contributed by atoms with E-state index in [0.717, 1.165) is 34.9 Å². The summed E-state index contributed by atoms with van der Waals surface area (Å²) in [5.74, 6) is 0.0309. The fraction of sp³-hybridized carbons (Fsp3) is 0.500. The molecule has 1 amide bonds. The number of nitrogens with zero attached hydrogens (tertiary/aromatic N) is 3. The van der Waals surface area contributed by atoms with Gasteiger partial charge in [0.25, 0.3) is 0 Å². The van der Waals surface area contributed by atoms with Crippen LogP contribution in [0.5, 0.6) is 0 Å². The van der Waals surface area contributed by atoms with Crippen LogP contribution >= 0.6 is 15.9 Å². The van der Waals surface area contributed by atoms with E-state index in [1.807, 2.05) is 10.7 Å². The molecule has 0 fully saturated rings. The summed E-state index contributed by atoms with van der Waals surface area (Å²) in [7, 11) is 0. The molecule has 2 aromatic rings. The molecular weight excluding hydrogens is 320 g/mol. The van der Waals surface area contributed by atoms with Gasteiger partial charge in [0, 0.05) is 23.2 Å². The molecular formula is C14H19BrN4O. The van der Waals surface area contributed by atoms with Crippen molar-refractivity contribution in [1.29, 1.82) is 0 Å². The lowest BCUT2D eigenvalue weighted by Gasteiger charge is -2.07. The maximum Gasteiger partial charge on any atom is 0.224 e. The molecule has 0 radical (unpaired) electrons. The fourth-order valence-electron chi connectivity index (χ4n) is 1.99. The molecule has 2 aromatic heterocycles. The van der Waals surface area contributed by atoms with Crippen LogP contribution in [-0.2, 0) is 4.79 Å². The van der Waals surface area contributed by atoms with E-state index in [1.165, 1.54) is 0 Å². The Balaban J connectivity index is 2.07. The van der Waals surface area contributed by atoms with Gasteiger partial charge in [0.05, 0.1) is 18.1 Å². The Bertz CT molecular complexity index is 594. The van der Waals surface area contributed by atoms with Crippen LogP contribution in [0.1, 0.15) is 39.2 Å². The Morgan fingerprint density at radius 2 is 2.20 bits per heavy atom. The number of fused-ring (bicyclic) bond motifs is 1. The fourth-order valence-corrected chi connectivity index (χ4v) is 2.39. The molecule has 108 valence electrons. The van der Waals surface area contributed by atoms with Gasteiger partial charge in [-0.1, -0.05) is 15.9 Å². The van der Waals surface area contributed by atoms with Crippen molar-refractivity contribution >= 4 is 38.6 Å². The maximum absolute atomic E-state index is 11.8. The Morgan fingerprint density at radius 3 is 2.90 bits per heavy atom. The minimum Gasteiger partial charge on any atom is -0.325 e. The zero-order chi connectivity index (χ0) is 14.5. The molecule has 5 nitrogen and oxygen atoms in total. The van der Waals surface area contributed by atoms with Crippen molar-refractivity contribution in [3.05, 3.63) is 18.5 Å². The van der Waals surface area contributed by atoms with Gasteiger partial charge in [-0.05, 0) is 32.8 Å². The Hall–Kier alpha value is -1.43. The number of pyridine rings is 1. The maximum atomic E-state index is 11.8. The molecule has 20 heavy (non-hydrogen) atoms. The molecule has 2 heterocycles. The molecule has 0 aliphatic heterocycles. The van der Waals surface area contributed by atoms with E-state index in [0.29, 0.717) is 6.42 Å². The van der Waals surface area contributed by atoms with E-state index in [-0.39, 0.29) is 11.9 Å². The monoisotopic (exact) mass is 338 g/mol. The average Bonchev–Trinajstić information content (AvgIpc) is 2.82. The number of rotatable bonds is 6. The topological polar surface area (TPSA) is 59.8 Å². The largest absolute Gasteiger partial charge is 0.325 e. The average molecular weight is 339 g/mol. The predicted molar refractivity (Wildman–Crippen MR) is 84.2 cm³/mol. The van der Waals surface area contributed by atoms with Crippen LogP contribution in [0.2, 0.25) is 0 Å². The SMILES string of the molecule is CC(C)n1ncc2cc(NC(=O)CCCCBr)cnc21. The number of nitrogens with one attached hydrogen (secondary N) is 1. The van der Waals surface area contributed by atoms with Crippen molar-refractivity contribution in [1.82, 2.24) is 14.8 Å². The van der Waals surface area contributed by atoms with Crippen molar-refractivity contribution in [2.75, 3.05) is 10.6 Å². The summed E-state index contributed by atoms with van der Waals surface area (Å²) < 4.78 is 1.87. The summed E-state index contributed by atoms with van der Waals surface area (Å²) in [6.07, 6.45) is 5.90. The van der Waals surface area contributed by atoms with Gasteiger partial charge < -0.3 is 5.32 Å². The second-order valence-corrected chi connectivity index (χ2v) is 5.81. The van der Waals surface area contributed by atoms with E-state index >= 15 is 0 Å². The number of carbonyl (C=O) groups is 1.